The minimum absolute atomic E-state index is 0.0281. The molecule has 0 aliphatic rings. The second kappa shape index (κ2) is 8.13. The van der Waals surface area contributed by atoms with Gasteiger partial charge in [0.05, 0.1) is 11.3 Å². The number of nitrogens with two attached hydrogens (primary N) is 1. The van der Waals surface area contributed by atoms with Gasteiger partial charge < -0.3 is 11.1 Å². The quantitative estimate of drug-likeness (QED) is 0.789. The molecular weight excluding hydrogens is 338 g/mol. The van der Waals surface area contributed by atoms with E-state index in [-0.39, 0.29) is 16.5 Å². The molecule has 0 heterocycles. The molecule has 0 aliphatic heterocycles. The largest absolute Gasteiger partial charge is 0.352 e. The lowest BCUT2D eigenvalue weighted by Gasteiger charge is -2.21. The summed E-state index contributed by atoms with van der Waals surface area (Å²) in [4.78, 5) is 12.4. The Balaban J connectivity index is 2.31. The summed E-state index contributed by atoms with van der Waals surface area (Å²) in [5, 5.41) is 2.72. The summed E-state index contributed by atoms with van der Waals surface area (Å²) >= 11 is 0. The molecule has 0 aliphatic carbocycles. The number of rotatable bonds is 7. The number of nitrogens with zero attached hydrogens (tertiary/aromatic N) is 1. The van der Waals surface area contributed by atoms with E-state index in [0.29, 0.717) is 18.7 Å². The van der Waals surface area contributed by atoms with Gasteiger partial charge in [0, 0.05) is 19.6 Å². The molecule has 1 amide bonds. The second-order valence-electron chi connectivity index (χ2n) is 5.83. The highest BCUT2D eigenvalue weighted by Gasteiger charge is 2.26. The molecule has 0 bridgehead atoms. The Bertz CT molecular complexity index is 820. The first-order chi connectivity index (χ1) is 11.8. The number of sulfonamides is 1. The van der Waals surface area contributed by atoms with Crippen molar-refractivity contribution >= 4 is 21.6 Å². The number of carbonyl (C=O) groups is 1. The molecule has 6 nitrogen and oxygen atoms in total. The fourth-order valence-electron chi connectivity index (χ4n) is 2.31. The van der Waals surface area contributed by atoms with Crippen LogP contribution >= 0.6 is 0 Å². The zero-order valence-electron chi connectivity index (χ0n) is 14.3. The summed E-state index contributed by atoms with van der Waals surface area (Å²) in [7, 11) is -2.39. The van der Waals surface area contributed by atoms with Crippen molar-refractivity contribution in [3.05, 3.63) is 60.2 Å². The van der Waals surface area contributed by atoms with Crippen molar-refractivity contribution in [1.82, 2.24) is 5.32 Å². The Labute approximate surface area is 148 Å². The van der Waals surface area contributed by atoms with Crippen LogP contribution in [0.5, 0.6) is 0 Å². The van der Waals surface area contributed by atoms with E-state index in [1.165, 1.54) is 23.5 Å². The molecule has 7 heteroatoms. The van der Waals surface area contributed by atoms with Gasteiger partial charge >= 0.3 is 0 Å². The molecule has 0 fully saturated rings. The molecular formula is C18H23N3O3S. The lowest BCUT2D eigenvalue weighted by molar-refractivity contribution is 0.0949. The number of nitrogens with one attached hydrogen (secondary N) is 1. The molecule has 0 aromatic heterocycles. The predicted molar refractivity (Wildman–Crippen MR) is 99.1 cm³/mol. The van der Waals surface area contributed by atoms with Crippen LogP contribution in [0.25, 0.3) is 0 Å². The highest BCUT2D eigenvalue weighted by Crippen LogP contribution is 2.24. The minimum atomic E-state index is -3.86. The predicted octanol–water partition coefficient (Wildman–Crippen LogP) is 1.98. The van der Waals surface area contributed by atoms with Gasteiger partial charge in [0.2, 0.25) is 0 Å². The van der Waals surface area contributed by atoms with E-state index in [1.807, 2.05) is 13.0 Å². The van der Waals surface area contributed by atoms with Crippen molar-refractivity contribution in [1.29, 1.82) is 0 Å². The summed E-state index contributed by atoms with van der Waals surface area (Å²) in [6.45, 7) is 2.23. The van der Waals surface area contributed by atoms with E-state index in [2.05, 4.69) is 5.32 Å². The lowest BCUT2D eigenvalue weighted by atomic mass is 10.2. The van der Waals surface area contributed by atoms with Gasteiger partial charge in [-0.1, -0.05) is 30.3 Å². The minimum Gasteiger partial charge on any atom is -0.352 e. The summed E-state index contributed by atoms with van der Waals surface area (Å²) < 4.78 is 27.1. The van der Waals surface area contributed by atoms with Crippen molar-refractivity contribution in [3.63, 3.8) is 0 Å². The number of carbonyl (C=O) groups excluding carboxylic acids is 1. The number of amides is 1. The number of hydrogen-bond donors (Lipinski definition) is 2. The van der Waals surface area contributed by atoms with E-state index < -0.39 is 15.9 Å². The Morgan fingerprint density at radius 3 is 2.36 bits per heavy atom. The average Bonchev–Trinajstić information content (AvgIpc) is 2.61. The van der Waals surface area contributed by atoms with Gasteiger partial charge in [-0.05, 0) is 37.6 Å². The maximum atomic E-state index is 13.0. The van der Waals surface area contributed by atoms with Gasteiger partial charge in [0.25, 0.3) is 15.9 Å². The first-order valence-electron chi connectivity index (χ1n) is 8.01. The fraction of sp³-hybridized carbons (Fsp3) is 0.278. The van der Waals surface area contributed by atoms with Crippen LogP contribution in [0.15, 0.2) is 59.5 Å². The molecule has 2 rings (SSSR count). The summed E-state index contributed by atoms with van der Waals surface area (Å²) in [5.41, 5.74) is 6.31. The van der Waals surface area contributed by atoms with Crippen molar-refractivity contribution in [2.75, 3.05) is 17.9 Å². The van der Waals surface area contributed by atoms with Gasteiger partial charge in [-0.3, -0.25) is 9.10 Å². The highest BCUT2D eigenvalue weighted by molar-refractivity contribution is 7.92. The zero-order valence-corrected chi connectivity index (χ0v) is 15.2. The molecule has 0 saturated heterocycles. The first-order valence-corrected chi connectivity index (χ1v) is 9.45. The highest BCUT2D eigenvalue weighted by atomic mass is 32.2. The molecule has 2 aromatic carbocycles. The molecule has 25 heavy (non-hydrogen) atoms. The van der Waals surface area contributed by atoms with Gasteiger partial charge in [-0.2, -0.15) is 0 Å². The zero-order chi connectivity index (χ0) is 18.4. The van der Waals surface area contributed by atoms with Crippen molar-refractivity contribution in [3.8, 4) is 0 Å². The summed E-state index contributed by atoms with van der Waals surface area (Å²) in [6, 6.07) is 14.9. The van der Waals surface area contributed by atoms with Crippen LogP contribution in [0.4, 0.5) is 5.69 Å². The van der Waals surface area contributed by atoms with Gasteiger partial charge in [-0.15, -0.1) is 0 Å². The summed E-state index contributed by atoms with van der Waals surface area (Å²) in [6.07, 6.45) is 0.616. The molecule has 0 saturated carbocycles. The van der Waals surface area contributed by atoms with Crippen LogP contribution in [-0.2, 0) is 10.0 Å². The number of benzene rings is 2. The maximum absolute atomic E-state index is 13.0. The molecule has 3 N–H and O–H groups in total. The van der Waals surface area contributed by atoms with Crippen LogP contribution in [0.1, 0.15) is 23.7 Å². The Morgan fingerprint density at radius 1 is 1.12 bits per heavy atom. The van der Waals surface area contributed by atoms with E-state index >= 15 is 0 Å². The van der Waals surface area contributed by atoms with E-state index in [0.717, 1.165) is 0 Å². The van der Waals surface area contributed by atoms with E-state index in [1.54, 1.807) is 36.4 Å². The van der Waals surface area contributed by atoms with Crippen LogP contribution < -0.4 is 15.4 Å². The third-order valence-corrected chi connectivity index (χ3v) is 5.62. The molecule has 0 radical (unpaired) electrons. The van der Waals surface area contributed by atoms with Crippen LogP contribution in [0.3, 0.4) is 0 Å². The SMILES string of the molecule is CC(N)CCNC(=O)c1ccccc1S(=O)(=O)N(C)c1ccccc1. The third-order valence-electron chi connectivity index (χ3n) is 3.78. The van der Waals surface area contributed by atoms with Crippen molar-refractivity contribution in [2.45, 2.75) is 24.3 Å². The van der Waals surface area contributed by atoms with Crippen molar-refractivity contribution in [2.24, 2.45) is 5.73 Å². The number of hydrogen-bond acceptors (Lipinski definition) is 4. The maximum Gasteiger partial charge on any atom is 0.264 e. The number of anilines is 1. The van der Waals surface area contributed by atoms with Gasteiger partial charge in [0.1, 0.15) is 4.90 Å². The standard InChI is InChI=1S/C18H23N3O3S/c1-14(19)12-13-20-18(22)16-10-6-7-11-17(16)25(23,24)21(2)15-8-4-3-5-9-15/h3-11,14H,12-13,19H2,1-2H3,(H,20,22). The van der Waals surface area contributed by atoms with E-state index in [4.69, 9.17) is 5.73 Å². The molecule has 1 unspecified atom stereocenters. The van der Waals surface area contributed by atoms with Crippen LogP contribution in [0.2, 0.25) is 0 Å². The molecule has 0 spiro atoms. The smallest absolute Gasteiger partial charge is 0.264 e. The Morgan fingerprint density at radius 2 is 1.72 bits per heavy atom. The van der Waals surface area contributed by atoms with Crippen LogP contribution in [-0.4, -0.2) is 34.0 Å². The first kappa shape index (κ1) is 19.0. The lowest BCUT2D eigenvalue weighted by Crippen LogP contribution is -2.32. The fourth-order valence-corrected chi connectivity index (χ4v) is 3.70. The van der Waals surface area contributed by atoms with Crippen LogP contribution in [0, 0.1) is 0 Å². The Hall–Kier alpha value is -2.38. The van der Waals surface area contributed by atoms with Crippen molar-refractivity contribution < 1.29 is 13.2 Å². The third kappa shape index (κ3) is 4.58. The van der Waals surface area contributed by atoms with Gasteiger partial charge in [-0.25, -0.2) is 8.42 Å². The normalized spacial score (nSPS) is 12.4. The Kier molecular flexibility index (Phi) is 6.17. The molecule has 2 aromatic rings. The topological polar surface area (TPSA) is 92.5 Å². The molecule has 1 atom stereocenters. The monoisotopic (exact) mass is 361 g/mol. The number of para-hydroxylation sites is 1. The summed E-state index contributed by atoms with van der Waals surface area (Å²) in [5.74, 6) is -0.429. The molecule has 134 valence electrons. The average molecular weight is 361 g/mol. The van der Waals surface area contributed by atoms with Gasteiger partial charge in [0.15, 0.2) is 0 Å². The second-order valence-corrected chi connectivity index (χ2v) is 7.76. The van der Waals surface area contributed by atoms with E-state index in [9.17, 15) is 13.2 Å².